The summed E-state index contributed by atoms with van der Waals surface area (Å²) in [6.07, 6.45) is -14.4. The molecule has 26 heavy (non-hydrogen) atoms. The van der Waals surface area contributed by atoms with Crippen LogP contribution in [0.3, 0.4) is 0 Å². The van der Waals surface area contributed by atoms with Gasteiger partial charge in [-0.05, 0) is 31.5 Å². The maximum absolute atomic E-state index is 14.1. The van der Waals surface area contributed by atoms with Crippen molar-refractivity contribution in [2.75, 3.05) is 13.7 Å². The molecule has 0 aliphatic rings. The van der Waals surface area contributed by atoms with Crippen molar-refractivity contribution in [3.63, 3.8) is 0 Å². The third kappa shape index (κ3) is 4.28. The zero-order chi connectivity index (χ0) is 20.4. The van der Waals surface area contributed by atoms with Gasteiger partial charge in [0.15, 0.2) is 0 Å². The van der Waals surface area contributed by atoms with E-state index in [0.717, 1.165) is 38.3 Å². The molecule has 10 heteroatoms. The van der Waals surface area contributed by atoms with E-state index in [4.69, 9.17) is 9.47 Å². The zero-order valence-electron chi connectivity index (χ0n) is 14.1. The van der Waals surface area contributed by atoms with Gasteiger partial charge < -0.3 is 9.47 Å². The van der Waals surface area contributed by atoms with E-state index in [9.17, 15) is 35.5 Å². The maximum atomic E-state index is 14.1. The Balaban J connectivity index is 3.28. The number of ether oxygens (including phenoxy) is 2. The second-order valence-electron chi connectivity index (χ2n) is 5.71. The minimum Gasteiger partial charge on any atom is -0.462 e. The van der Waals surface area contributed by atoms with Crippen LogP contribution in [0.5, 0.6) is 0 Å². The Morgan fingerprint density at radius 1 is 0.962 bits per heavy atom. The monoisotopic (exact) mass is 390 g/mol. The third-order valence-electron chi connectivity index (χ3n) is 3.94. The lowest BCUT2D eigenvalue weighted by Gasteiger charge is -2.38. The molecule has 0 heterocycles. The number of methoxy groups -OCH3 is 1. The number of esters is 1. The van der Waals surface area contributed by atoms with Gasteiger partial charge in [-0.3, -0.25) is 0 Å². The lowest BCUT2D eigenvalue weighted by Crippen LogP contribution is -2.56. The number of rotatable bonds is 6. The van der Waals surface area contributed by atoms with E-state index in [1.165, 1.54) is 0 Å². The Morgan fingerprint density at radius 2 is 1.42 bits per heavy atom. The normalized spacial score (nSPS) is 15.5. The summed E-state index contributed by atoms with van der Waals surface area (Å²) in [6, 6.07) is 4.46. The van der Waals surface area contributed by atoms with Gasteiger partial charge in [0, 0.05) is 13.5 Å². The topological polar surface area (TPSA) is 35.5 Å². The average Bonchev–Trinajstić information content (AvgIpc) is 2.53. The van der Waals surface area contributed by atoms with Crippen molar-refractivity contribution in [2.24, 2.45) is 0 Å². The van der Waals surface area contributed by atoms with E-state index in [2.05, 4.69) is 0 Å². The van der Waals surface area contributed by atoms with Gasteiger partial charge in [0.1, 0.15) is 0 Å². The molecule has 0 fully saturated rings. The van der Waals surface area contributed by atoms with Crippen LogP contribution in [0, 0.1) is 0 Å². The average molecular weight is 390 g/mol. The number of halogens is 7. The Kier molecular flexibility index (Phi) is 6.33. The van der Waals surface area contributed by atoms with Gasteiger partial charge in [-0.2, -0.15) is 26.3 Å². The molecule has 1 rings (SSSR count). The minimum atomic E-state index is -6.18. The van der Waals surface area contributed by atoms with Crippen molar-refractivity contribution < 1.29 is 45.0 Å². The molecule has 0 spiro atoms. The van der Waals surface area contributed by atoms with Crippen LogP contribution in [-0.2, 0) is 15.1 Å². The van der Waals surface area contributed by atoms with Crippen molar-refractivity contribution in [3.05, 3.63) is 35.4 Å². The van der Waals surface area contributed by atoms with Gasteiger partial charge in [-0.25, -0.2) is 9.18 Å². The molecule has 0 bridgehead atoms. The highest BCUT2D eigenvalue weighted by molar-refractivity contribution is 5.89. The first kappa shape index (κ1) is 22.2. The van der Waals surface area contributed by atoms with E-state index in [-0.39, 0.29) is 17.7 Å². The number of alkyl halides is 7. The second-order valence-corrected chi connectivity index (χ2v) is 5.71. The van der Waals surface area contributed by atoms with Gasteiger partial charge in [-0.1, -0.05) is 12.1 Å². The van der Waals surface area contributed by atoms with Crippen LogP contribution in [-0.4, -0.2) is 37.7 Å². The molecule has 0 N–H and O–H groups in total. The molecule has 0 saturated heterocycles. The molecular weight excluding hydrogens is 373 g/mol. The summed E-state index contributed by atoms with van der Waals surface area (Å²) < 4.78 is 101. The Bertz CT molecular complexity index is 608. The minimum absolute atomic E-state index is 0.0345. The molecule has 1 atom stereocenters. The van der Waals surface area contributed by atoms with Crippen LogP contribution >= 0.6 is 0 Å². The molecule has 0 radical (unpaired) electrons. The molecule has 0 amide bonds. The molecule has 0 aliphatic carbocycles. The number of carbonyl (C=O) groups excluding carboxylic acids is 1. The molecule has 1 unspecified atom stereocenters. The van der Waals surface area contributed by atoms with Crippen LogP contribution in [0.2, 0.25) is 0 Å². The fourth-order valence-corrected chi connectivity index (χ4v) is 2.29. The first-order chi connectivity index (χ1) is 11.7. The molecule has 1 aromatic carbocycles. The number of hydrogen-bond donors (Lipinski definition) is 0. The van der Waals surface area contributed by atoms with Crippen molar-refractivity contribution in [2.45, 2.75) is 43.9 Å². The van der Waals surface area contributed by atoms with Crippen LogP contribution < -0.4 is 0 Å². The van der Waals surface area contributed by atoms with Gasteiger partial charge in [-0.15, -0.1) is 0 Å². The molecule has 0 aromatic heterocycles. The Hall–Kier alpha value is -1.84. The molecule has 3 nitrogen and oxygen atoms in total. The second kappa shape index (κ2) is 7.42. The lowest BCUT2D eigenvalue weighted by molar-refractivity contribution is -0.353. The van der Waals surface area contributed by atoms with Crippen LogP contribution in [0.1, 0.15) is 36.2 Å². The fraction of sp³-hybridized carbons (Fsp3) is 0.562. The van der Waals surface area contributed by atoms with Crippen LogP contribution in [0.15, 0.2) is 24.3 Å². The Labute approximate surface area is 145 Å². The fourth-order valence-electron chi connectivity index (χ4n) is 2.29. The quantitative estimate of drug-likeness (QED) is 0.510. The predicted molar refractivity (Wildman–Crippen MR) is 77.3 cm³/mol. The van der Waals surface area contributed by atoms with Gasteiger partial charge >= 0.3 is 24.0 Å². The number of carbonyl (C=O) groups is 1. The van der Waals surface area contributed by atoms with Crippen molar-refractivity contribution in [1.82, 2.24) is 0 Å². The highest BCUT2D eigenvalue weighted by Gasteiger charge is 2.74. The van der Waals surface area contributed by atoms with E-state index < -0.39 is 36.0 Å². The summed E-state index contributed by atoms with van der Waals surface area (Å²) in [6.45, 7) is 2.54. The first-order valence-electron chi connectivity index (χ1n) is 7.37. The van der Waals surface area contributed by atoms with Gasteiger partial charge in [0.25, 0.3) is 0 Å². The van der Waals surface area contributed by atoms with Crippen LogP contribution in [0.25, 0.3) is 0 Å². The highest BCUT2D eigenvalue weighted by Crippen LogP contribution is 2.52. The molecular formula is C16H17F7O3. The van der Waals surface area contributed by atoms with Crippen LogP contribution in [0.4, 0.5) is 30.7 Å². The summed E-state index contributed by atoms with van der Waals surface area (Å²) in [5.41, 5.74) is -7.85. The highest BCUT2D eigenvalue weighted by atomic mass is 19.4. The van der Waals surface area contributed by atoms with E-state index >= 15 is 0 Å². The maximum Gasteiger partial charge on any atom is 0.431 e. The van der Waals surface area contributed by atoms with E-state index in [1.807, 2.05) is 0 Å². The predicted octanol–water partition coefficient (Wildman–Crippen LogP) is 4.95. The van der Waals surface area contributed by atoms with Gasteiger partial charge in [0.05, 0.1) is 17.8 Å². The SMILES string of the molecule is CCOC(=O)c1ccc(C(C)(CC(F)(C(F)(F)F)C(F)(F)F)OC)cc1. The summed E-state index contributed by atoms with van der Waals surface area (Å²) in [5.74, 6) is -0.719. The molecule has 0 saturated carbocycles. The zero-order valence-corrected chi connectivity index (χ0v) is 14.1. The number of benzene rings is 1. The standard InChI is InChI=1S/C16H17F7O3/c1-4-26-12(24)10-5-7-11(8-6-10)13(2,25-3)9-14(17,15(18,19)20)16(21,22)23/h5-8H,4,9H2,1-3H3. The molecule has 148 valence electrons. The summed E-state index contributed by atoms with van der Waals surface area (Å²) in [4.78, 5) is 11.6. The molecule has 1 aromatic rings. The number of hydrogen-bond acceptors (Lipinski definition) is 3. The summed E-state index contributed by atoms with van der Waals surface area (Å²) in [7, 11) is 0.867. The summed E-state index contributed by atoms with van der Waals surface area (Å²) >= 11 is 0. The van der Waals surface area contributed by atoms with Crippen molar-refractivity contribution in [3.8, 4) is 0 Å². The summed E-state index contributed by atoms with van der Waals surface area (Å²) in [5, 5.41) is 0. The van der Waals surface area contributed by atoms with E-state index in [0.29, 0.717) is 0 Å². The lowest BCUT2D eigenvalue weighted by atomic mass is 9.83. The van der Waals surface area contributed by atoms with Crippen molar-refractivity contribution >= 4 is 5.97 Å². The smallest absolute Gasteiger partial charge is 0.431 e. The molecule has 0 aliphatic heterocycles. The van der Waals surface area contributed by atoms with Crippen molar-refractivity contribution in [1.29, 1.82) is 0 Å². The van der Waals surface area contributed by atoms with Gasteiger partial charge in [0.2, 0.25) is 0 Å². The largest absolute Gasteiger partial charge is 0.462 e. The third-order valence-corrected chi connectivity index (χ3v) is 3.94. The Morgan fingerprint density at radius 3 is 1.77 bits per heavy atom. The van der Waals surface area contributed by atoms with E-state index in [1.54, 1.807) is 6.92 Å². The first-order valence-corrected chi connectivity index (χ1v) is 7.37.